The fourth-order valence-electron chi connectivity index (χ4n) is 2.44. The van der Waals surface area contributed by atoms with Gasteiger partial charge in [-0.2, -0.15) is 0 Å². The lowest BCUT2D eigenvalue weighted by Crippen LogP contribution is -2.20. The third-order valence-corrected chi connectivity index (χ3v) is 3.73. The molecule has 9 heteroatoms. The zero-order valence-electron chi connectivity index (χ0n) is 13.7. The molecule has 9 nitrogen and oxygen atoms in total. The van der Waals surface area contributed by atoms with Crippen LogP contribution in [0.5, 0.6) is 11.5 Å². The molecule has 0 fully saturated rings. The van der Waals surface area contributed by atoms with E-state index in [1.807, 2.05) is 0 Å². The Morgan fingerprint density at radius 2 is 0.923 bits per heavy atom. The molecule has 0 aliphatic heterocycles. The van der Waals surface area contributed by atoms with Gasteiger partial charge >= 0.3 is 6.03 Å². The molecular weight excluding hydrogens is 344 g/mol. The number of amides is 2. The molecule has 0 aliphatic rings. The highest BCUT2D eigenvalue weighted by Crippen LogP contribution is 2.29. The van der Waals surface area contributed by atoms with Crippen molar-refractivity contribution in [3.05, 3.63) is 46.5 Å². The van der Waals surface area contributed by atoms with Crippen molar-refractivity contribution in [1.29, 1.82) is 0 Å². The van der Waals surface area contributed by atoms with Crippen LogP contribution in [0.25, 0.3) is 0 Å². The summed E-state index contributed by atoms with van der Waals surface area (Å²) in [6.45, 7) is -1.91. The molecule has 0 saturated carbocycles. The number of nitrogens with one attached hydrogen (secondary N) is 2. The van der Waals surface area contributed by atoms with E-state index in [9.17, 15) is 35.4 Å². The average molecular weight is 364 g/mol. The van der Waals surface area contributed by atoms with E-state index >= 15 is 0 Å². The third kappa shape index (κ3) is 4.21. The van der Waals surface area contributed by atoms with Crippen molar-refractivity contribution in [2.24, 2.45) is 0 Å². The first-order chi connectivity index (χ1) is 12.4. The second kappa shape index (κ2) is 8.50. The number of aliphatic hydroxyl groups excluding tert-OH is 4. The molecular formula is C17H20N2O7. The van der Waals surface area contributed by atoms with Crippen LogP contribution in [0.4, 0.5) is 16.2 Å². The lowest BCUT2D eigenvalue weighted by Gasteiger charge is -2.14. The predicted octanol–water partition coefficient (Wildman–Crippen LogP) is 0.711. The van der Waals surface area contributed by atoms with Crippen LogP contribution < -0.4 is 10.6 Å². The van der Waals surface area contributed by atoms with Gasteiger partial charge in [0, 0.05) is 33.6 Å². The van der Waals surface area contributed by atoms with Gasteiger partial charge in [0.1, 0.15) is 11.5 Å². The largest absolute Gasteiger partial charge is 0.507 e. The molecule has 0 radical (unpaired) electrons. The molecule has 140 valence electrons. The van der Waals surface area contributed by atoms with E-state index in [2.05, 4.69) is 10.6 Å². The third-order valence-electron chi connectivity index (χ3n) is 3.73. The second-order valence-corrected chi connectivity index (χ2v) is 5.50. The van der Waals surface area contributed by atoms with Crippen LogP contribution in [-0.4, -0.2) is 36.7 Å². The zero-order chi connectivity index (χ0) is 19.3. The van der Waals surface area contributed by atoms with Gasteiger partial charge in [-0.15, -0.1) is 0 Å². The number of rotatable bonds is 6. The Morgan fingerprint density at radius 3 is 1.15 bits per heavy atom. The standard InChI is InChI=1S/C17H20N2O7/c20-5-9-1-13(2-10(6-21)15(9)24)18-17(26)19-14-3-11(7-22)16(25)12(4-14)8-23/h1-4,20-25H,5-8H2,(H2,18,19,26). The highest BCUT2D eigenvalue weighted by atomic mass is 16.3. The van der Waals surface area contributed by atoms with E-state index in [1.54, 1.807) is 0 Å². The van der Waals surface area contributed by atoms with E-state index in [0.29, 0.717) is 0 Å². The minimum atomic E-state index is -0.679. The van der Waals surface area contributed by atoms with E-state index in [0.717, 1.165) is 0 Å². The van der Waals surface area contributed by atoms with Gasteiger partial charge in [0.15, 0.2) is 0 Å². The SMILES string of the molecule is O=C(Nc1cc(CO)c(O)c(CO)c1)Nc1cc(CO)c(O)c(CO)c1. The fraction of sp³-hybridized carbons (Fsp3) is 0.235. The van der Waals surface area contributed by atoms with Crippen LogP contribution in [0, 0.1) is 0 Å². The molecule has 0 aliphatic carbocycles. The van der Waals surface area contributed by atoms with Gasteiger partial charge in [-0.25, -0.2) is 4.79 Å². The van der Waals surface area contributed by atoms with Crippen LogP contribution in [0.2, 0.25) is 0 Å². The van der Waals surface area contributed by atoms with Gasteiger partial charge in [0.25, 0.3) is 0 Å². The second-order valence-electron chi connectivity index (χ2n) is 5.50. The first-order valence-electron chi connectivity index (χ1n) is 7.64. The number of hydrogen-bond acceptors (Lipinski definition) is 7. The Kier molecular flexibility index (Phi) is 6.36. The summed E-state index contributed by atoms with van der Waals surface area (Å²) < 4.78 is 0. The number of phenols is 2. The Balaban J connectivity index is 2.22. The van der Waals surface area contributed by atoms with Crippen molar-refractivity contribution in [1.82, 2.24) is 0 Å². The summed E-state index contributed by atoms with van der Waals surface area (Å²) in [4.78, 5) is 12.2. The summed E-state index contributed by atoms with van der Waals surface area (Å²) >= 11 is 0. The average Bonchev–Trinajstić information content (AvgIpc) is 2.63. The van der Waals surface area contributed by atoms with Gasteiger partial charge in [-0.05, 0) is 24.3 Å². The monoisotopic (exact) mass is 364 g/mol. The molecule has 0 heterocycles. The van der Waals surface area contributed by atoms with Crippen LogP contribution in [0.15, 0.2) is 24.3 Å². The number of hydrogen-bond donors (Lipinski definition) is 8. The molecule has 2 aromatic carbocycles. The number of carbonyl (C=O) groups excluding carboxylic acids is 1. The number of carbonyl (C=O) groups is 1. The summed E-state index contributed by atoms with van der Waals surface area (Å²) in [5, 5.41) is 61.5. The van der Waals surface area contributed by atoms with Crippen molar-refractivity contribution < 1.29 is 35.4 Å². The Morgan fingerprint density at radius 1 is 0.654 bits per heavy atom. The minimum absolute atomic E-state index is 0.140. The molecule has 2 aromatic rings. The van der Waals surface area contributed by atoms with E-state index < -0.39 is 32.5 Å². The van der Waals surface area contributed by atoms with Crippen LogP contribution in [0.3, 0.4) is 0 Å². The first-order valence-corrected chi connectivity index (χ1v) is 7.64. The van der Waals surface area contributed by atoms with E-state index in [1.165, 1.54) is 24.3 Å². The molecule has 0 aromatic heterocycles. The highest BCUT2D eigenvalue weighted by Gasteiger charge is 2.13. The van der Waals surface area contributed by atoms with Crippen LogP contribution >= 0.6 is 0 Å². The lowest BCUT2D eigenvalue weighted by atomic mass is 10.1. The number of benzene rings is 2. The van der Waals surface area contributed by atoms with Gasteiger partial charge in [0.05, 0.1) is 26.4 Å². The van der Waals surface area contributed by atoms with Crippen molar-refractivity contribution in [3.63, 3.8) is 0 Å². The molecule has 0 saturated heterocycles. The van der Waals surface area contributed by atoms with Crippen molar-refractivity contribution in [3.8, 4) is 11.5 Å². The number of aromatic hydroxyl groups is 2. The van der Waals surface area contributed by atoms with E-state index in [4.69, 9.17) is 0 Å². The molecule has 0 unspecified atom stereocenters. The molecule has 0 atom stereocenters. The Hall–Kier alpha value is -2.85. The summed E-state index contributed by atoms with van der Waals surface area (Å²) in [5.74, 6) is -0.501. The molecule has 8 N–H and O–H groups in total. The number of urea groups is 1. The van der Waals surface area contributed by atoms with Crippen LogP contribution in [-0.2, 0) is 26.4 Å². The quantitative estimate of drug-likeness (QED) is 0.350. The molecule has 2 rings (SSSR count). The smallest absolute Gasteiger partial charge is 0.323 e. The normalized spacial score (nSPS) is 10.6. The lowest BCUT2D eigenvalue weighted by molar-refractivity contribution is 0.260. The first kappa shape index (κ1) is 19.5. The molecule has 0 spiro atoms. The maximum atomic E-state index is 12.2. The summed E-state index contributed by atoms with van der Waals surface area (Å²) in [6.07, 6.45) is 0. The minimum Gasteiger partial charge on any atom is -0.507 e. The number of anilines is 2. The van der Waals surface area contributed by atoms with Gasteiger partial charge in [-0.1, -0.05) is 0 Å². The maximum absolute atomic E-state index is 12.2. The summed E-state index contributed by atoms with van der Waals surface area (Å²) in [5.41, 5.74) is 1.03. The fourth-order valence-corrected chi connectivity index (χ4v) is 2.44. The Bertz CT molecular complexity index is 692. The zero-order valence-corrected chi connectivity index (χ0v) is 13.7. The topological polar surface area (TPSA) is 163 Å². The summed E-state index contributed by atoms with van der Waals surface area (Å²) in [6, 6.07) is 4.72. The van der Waals surface area contributed by atoms with Crippen LogP contribution in [0.1, 0.15) is 22.3 Å². The summed E-state index contributed by atoms with van der Waals surface area (Å²) in [7, 11) is 0. The highest BCUT2D eigenvalue weighted by molar-refractivity contribution is 6.00. The molecule has 0 bridgehead atoms. The van der Waals surface area contributed by atoms with Gasteiger partial charge < -0.3 is 41.3 Å². The molecule has 2 amide bonds. The maximum Gasteiger partial charge on any atom is 0.323 e. The molecule has 26 heavy (non-hydrogen) atoms. The Labute approximate surface area is 148 Å². The van der Waals surface area contributed by atoms with Gasteiger partial charge in [0.2, 0.25) is 0 Å². The van der Waals surface area contributed by atoms with E-state index in [-0.39, 0.29) is 45.1 Å². The van der Waals surface area contributed by atoms with Crippen molar-refractivity contribution in [2.75, 3.05) is 10.6 Å². The van der Waals surface area contributed by atoms with Gasteiger partial charge in [-0.3, -0.25) is 0 Å². The number of aliphatic hydroxyl groups is 4. The van der Waals surface area contributed by atoms with Crippen molar-refractivity contribution >= 4 is 17.4 Å². The predicted molar refractivity (Wildman–Crippen MR) is 92.5 cm³/mol. The van der Waals surface area contributed by atoms with Crippen molar-refractivity contribution in [2.45, 2.75) is 26.4 Å².